The molecule has 0 radical (unpaired) electrons. The maximum Gasteiger partial charge on any atom is 0.524 e. The molecule has 1 N–H and O–H groups in total. The quantitative estimate of drug-likeness (QED) is 0.612. The van der Waals surface area contributed by atoms with Gasteiger partial charge in [-0.3, -0.25) is 0 Å². The highest BCUT2D eigenvalue weighted by Crippen LogP contribution is 2.38. The first-order valence-corrected chi connectivity index (χ1v) is 9.67. The van der Waals surface area contributed by atoms with Crippen LogP contribution in [0.5, 0.6) is 0 Å². The minimum absolute atomic E-state index is 0.0743. The zero-order valence-corrected chi connectivity index (χ0v) is 17.3. The van der Waals surface area contributed by atoms with Crippen LogP contribution < -0.4 is 4.48 Å². The lowest BCUT2D eigenvalue weighted by molar-refractivity contribution is 0.165. The van der Waals surface area contributed by atoms with E-state index in [0.717, 1.165) is 36.3 Å². The summed E-state index contributed by atoms with van der Waals surface area (Å²) in [4.78, 5) is 14.8. The fourth-order valence-electron chi connectivity index (χ4n) is 3.85. The van der Waals surface area contributed by atoms with Crippen LogP contribution in [0.3, 0.4) is 0 Å². The van der Waals surface area contributed by atoms with Gasteiger partial charge in [0.2, 0.25) is 0 Å². The third kappa shape index (κ3) is 4.57. The topological polar surface area (TPSA) is 40.5 Å². The highest BCUT2D eigenvalue weighted by molar-refractivity contribution is 5.89. The molecule has 0 spiro atoms. The van der Waals surface area contributed by atoms with E-state index in [1.54, 1.807) is 0 Å². The van der Waals surface area contributed by atoms with Gasteiger partial charge >= 0.3 is 6.09 Å². The molecule has 0 heterocycles. The van der Waals surface area contributed by atoms with Gasteiger partial charge in [0.15, 0.2) is 0 Å². The van der Waals surface area contributed by atoms with Crippen LogP contribution in [0.1, 0.15) is 39.2 Å². The van der Waals surface area contributed by atoms with Crippen LogP contribution in [0.25, 0.3) is 0 Å². The number of hydrogen-bond donors (Lipinski definition) is 1. The molecule has 0 bridgehead atoms. The molecular formula is C23H33N2O2+. The zero-order chi connectivity index (χ0) is 20.1. The first-order valence-electron chi connectivity index (χ1n) is 9.67. The minimum atomic E-state index is -0.836. The highest BCUT2D eigenvalue weighted by atomic mass is 16.4. The lowest BCUT2D eigenvalue weighted by Gasteiger charge is -2.34. The van der Waals surface area contributed by atoms with Crippen molar-refractivity contribution in [2.45, 2.75) is 39.0 Å². The number of rotatable bonds is 8. The lowest BCUT2D eigenvalue weighted by atomic mass is 9.83. The van der Waals surface area contributed by atoms with Gasteiger partial charge < -0.3 is 10.0 Å². The Bertz CT molecular complexity index is 756. The van der Waals surface area contributed by atoms with Crippen molar-refractivity contribution in [2.75, 3.05) is 27.2 Å². The Kier molecular flexibility index (Phi) is 6.79. The maximum atomic E-state index is 12.6. The summed E-state index contributed by atoms with van der Waals surface area (Å²) in [5, 5.41) is 10.4. The summed E-state index contributed by atoms with van der Waals surface area (Å²) in [5.74, 6) is 0. The number of carbonyl (C=O) groups is 1. The van der Waals surface area contributed by atoms with Gasteiger partial charge in [-0.1, -0.05) is 57.5 Å². The second kappa shape index (κ2) is 8.68. The molecule has 1 unspecified atom stereocenters. The SMILES string of the molecule is CCCC[N+](C(=O)O)(c1ccccc1)c1cccc(C(C)(C)CN(C)C)c1. The van der Waals surface area contributed by atoms with E-state index in [1.807, 2.05) is 42.5 Å². The maximum absolute atomic E-state index is 12.6. The van der Waals surface area contributed by atoms with Crippen LogP contribution in [-0.2, 0) is 5.41 Å². The van der Waals surface area contributed by atoms with Crippen LogP contribution >= 0.6 is 0 Å². The summed E-state index contributed by atoms with van der Waals surface area (Å²) in [7, 11) is 4.13. The predicted molar refractivity (Wildman–Crippen MR) is 114 cm³/mol. The van der Waals surface area contributed by atoms with Crippen molar-refractivity contribution < 1.29 is 9.90 Å². The van der Waals surface area contributed by atoms with E-state index in [4.69, 9.17) is 0 Å². The Morgan fingerprint density at radius 1 is 1.04 bits per heavy atom. The number of likely N-dealkylation sites (N-methyl/N-ethyl adjacent to an activating group) is 1. The molecule has 0 aliphatic heterocycles. The van der Waals surface area contributed by atoms with Crippen molar-refractivity contribution in [1.29, 1.82) is 0 Å². The van der Waals surface area contributed by atoms with Gasteiger partial charge in [-0.05, 0) is 26.1 Å². The fourth-order valence-corrected chi connectivity index (χ4v) is 3.85. The van der Waals surface area contributed by atoms with Crippen molar-refractivity contribution in [1.82, 2.24) is 9.38 Å². The number of para-hydroxylation sites is 1. The van der Waals surface area contributed by atoms with E-state index in [0.29, 0.717) is 6.54 Å². The summed E-state index contributed by atoms with van der Waals surface area (Å²) in [5.41, 5.74) is 2.69. The molecule has 0 aromatic heterocycles. The minimum Gasteiger partial charge on any atom is -0.435 e. The predicted octanol–water partition coefficient (Wildman–Crippen LogP) is 5.64. The van der Waals surface area contributed by atoms with Crippen molar-refractivity contribution in [3.8, 4) is 0 Å². The van der Waals surface area contributed by atoms with E-state index in [1.165, 1.54) is 0 Å². The molecule has 2 rings (SSSR count). The van der Waals surface area contributed by atoms with E-state index in [-0.39, 0.29) is 9.90 Å². The molecule has 146 valence electrons. The normalized spacial score (nSPS) is 14.1. The van der Waals surface area contributed by atoms with Crippen LogP contribution in [0.15, 0.2) is 54.6 Å². The summed E-state index contributed by atoms with van der Waals surface area (Å²) in [6.07, 6.45) is 0.954. The average molecular weight is 370 g/mol. The van der Waals surface area contributed by atoms with Gasteiger partial charge in [0.05, 0.1) is 6.54 Å². The smallest absolute Gasteiger partial charge is 0.435 e. The van der Waals surface area contributed by atoms with Crippen molar-refractivity contribution in [3.05, 3.63) is 60.2 Å². The number of quaternary nitrogens is 1. The number of carboxylic acid groups (broad SMARTS) is 1. The van der Waals surface area contributed by atoms with Crippen LogP contribution in [0, 0.1) is 0 Å². The van der Waals surface area contributed by atoms with E-state index < -0.39 is 6.09 Å². The van der Waals surface area contributed by atoms with Crippen LogP contribution in [0.4, 0.5) is 16.2 Å². The van der Waals surface area contributed by atoms with Crippen molar-refractivity contribution in [3.63, 3.8) is 0 Å². The first kappa shape index (κ1) is 21.1. The Morgan fingerprint density at radius 2 is 1.67 bits per heavy atom. The Labute approximate surface area is 163 Å². The molecule has 4 nitrogen and oxygen atoms in total. The molecule has 2 aromatic rings. The van der Waals surface area contributed by atoms with E-state index in [9.17, 15) is 9.90 Å². The molecule has 27 heavy (non-hydrogen) atoms. The second-order valence-corrected chi connectivity index (χ2v) is 8.18. The molecule has 0 aliphatic rings. The number of nitrogens with zero attached hydrogens (tertiary/aromatic N) is 2. The lowest BCUT2D eigenvalue weighted by Crippen LogP contribution is -2.49. The average Bonchev–Trinajstić information content (AvgIpc) is 2.62. The number of unbranched alkanes of at least 4 members (excludes halogenated alkanes) is 1. The molecule has 1 amide bonds. The van der Waals surface area contributed by atoms with Crippen LogP contribution in [-0.4, -0.2) is 43.3 Å². The molecule has 0 fully saturated rings. The summed E-state index contributed by atoms with van der Waals surface area (Å²) in [6.45, 7) is 7.93. The largest absolute Gasteiger partial charge is 0.524 e. The Balaban J connectivity index is 2.63. The molecule has 1 atom stereocenters. The fraction of sp³-hybridized carbons (Fsp3) is 0.435. The molecule has 2 aromatic carbocycles. The third-order valence-corrected chi connectivity index (χ3v) is 5.15. The van der Waals surface area contributed by atoms with Gasteiger partial charge in [-0.2, -0.15) is 9.28 Å². The first-order chi connectivity index (χ1) is 12.7. The van der Waals surface area contributed by atoms with Gasteiger partial charge in [0, 0.05) is 36.2 Å². The van der Waals surface area contributed by atoms with E-state index >= 15 is 0 Å². The summed E-state index contributed by atoms with van der Waals surface area (Å²) in [6, 6.07) is 17.7. The monoisotopic (exact) mass is 369 g/mol. The van der Waals surface area contributed by atoms with E-state index in [2.05, 4.69) is 51.9 Å². The van der Waals surface area contributed by atoms with Crippen molar-refractivity contribution in [2.24, 2.45) is 0 Å². The zero-order valence-electron chi connectivity index (χ0n) is 17.3. The summed E-state index contributed by atoms with van der Waals surface area (Å²) < 4.78 is -0.166. The van der Waals surface area contributed by atoms with Gasteiger partial charge in [0.25, 0.3) is 0 Å². The number of benzene rings is 2. The van der Waals surface area contributed by atoms with Gasteiger partial charge in [0.1, 0.15) is 11.4 Å². The summed E-state index contributed by atoms with van der Waals surface area (Å²) >= 11 is 0. The standard InChI is InChI=1S/C23H32N2O2/c1-6-7-16-25(22(26)27,20-13-9-8-10-14-20)21-15-11-12-19(17-21)23(2,3)18-24(4)5/h8-15,17H,6-7,16,18H2,1-5H3/p+1. The molecular weight excluding hydrogens is 336 g/mol. The highest BCUT2D eigenvalue weighted by Gasteiger charge is 2.42. The number of hydrogen-bond acceptors (Lipinski definition) is 2. The molecule has 4 heteroatoms. The third-order valence-electron chi connectivity index (χ3n) is 5.15. The Hall–Kier alpha value is -2.17. The van der Waals surface area contributed by atoms with Crippen molar-refractivity contribution >= 4 is 17.5 Å². The molecule has 0 saturated carbocycles. The van der Waals surface area contributed by atoms with Gasteiger partial charge in [-0.25, -0.2) is 0 Å². The van der Waals surface area contributed by atoms with Gasteiger partial charge in [-0.15, -0.1) is 0 Å². The van der Waals surface area contributed by atoms with Crippen LogP contribution in [0.2, 0.25) is 0 Å². The molecule has 0 aliphatic carbocycles. The second-order valence-electron chi connectivity index (χ2n) is 8.18. The Morgan fingerprint density at radius 3 is 2.22 bits per heavy atom. The number of amides is 1. The molecule has 0 saturated heterocycles.